The van der Waals surface area contributed by atoms with Crippen LogP contribution in [0.5, 0.6) is 0 Å². The summed E-state index contributed by atoms with van der Waals surface area (Å²) in [6.07, 6.45) is 0. The number of halogens is 2. The topological polar surface area (TPSA) is 12.0 Å². The van der Waals surface area contributed by atoms with Crippen molar-refractivity contribution in [2.45, 2.75) is 33.7 Å². The Morgan fingerprint density at radius 2 is 1.88 bits per heavy atom. The van der Waals surface area contributed by atoms with E-state index in [0.717, 1.165) is 17.1 Å². The first-order valence-electron chi connectivity index (χ1n) is 5.54. The monoisotopic (exact) mass is 259 g/mol. The fraction of sp³-hybridized carbons (Fsp3) is 0.538. The zero-order chi connectivity index (χ0) is 12.3. The highest BCUT2D eigenvalue weighted by Crippen LogP contribution is 2.37. The lowest BCUT2D eigenvalue weighted by Gasteiger charge is -2.32. The molecule has 0 saturated heterocycles. The Hall–Kier alpha value is -0.240. The van der Waals surface area contributed by atoms with Crippen LogP contribution in [-0.2, 0) is 0 Å². The summed E-state index contributed by atoms with van der Waals surface area (Å²) in [5.41, 5.74) is 1.23. The van der Waals surface area contributed by atoms with Gasteiger partial charge in [0, 0.05) is 16.1 Å². The number of hydrogen-bond acceptors (Lipinski definition) is 1. The van der Waals surface area contributed by atoms with Crippen LogP contribution in [0, 0.1) is 5.41 Å². The quantitative estimate of drug-likeness (QED) is 0.831. The molecule has 0 aromatic heterocycles. The van der Waals surface area contributed by atoms with Gasteiger partial charge in [-0.25, -0.2) is 0 Å². The van der Waals surface area contributed by atoms with Crippen molar-refractivity contribution >= 4 is 23.2 Å². The van der Waals surface area contributed by atoms with Crippen LogP contribution in [0.3, 0.4) is 0 Å². The van der Waals surface area contributed by atoms with Crippen molar-refractivity contribution in [3.05, 3.63) is 33.8 Å². The Bertz CT molecular complexity index is 355. The van der Waals surface area contributed by atoms with Crippen molar-refractivity contribution in [2.24, 2.45) is 5.41 Å². The highest BCUT2D eigenvalue weighted by Gasteiger charge is 2.26. The maximum Gasteiger partial charge on any atom is 0.0468 e. The molecule has 90 valence electrons. The number of benzene rings is 1. The first kappa shape index (κ1) is 13.8. The molecule has 3 heteroatoms. The summed E-state index contributed by atoms with van der Waals surface area (Å²) in [6, 6.07) is 5.93. The Morgan fingerprint density at radius 3 is 2.31 bits per heavy atom. The fourth-order valence-corrected chi connectivity index (χ4v) is 2.34. The van der Waals surface area contributed by atoms with Crippen molar-refractivity contribution in [1.82, 2.24) is 5.32 Å². The van der Waals surface area contributed by atoms with Crippen LogP contribution in [0.1, 0.15) is 39.3 Å². The van der Waals surface area contributed by atoms with E-state index in [0.29, 0.717) is 5.02 Å². The number of nitrogens with one attached hydrogen (secondary N) is 1. The van der Waals surface area contributed by atoms with Gasteiger partial charge in [0.05, 0.1) is 0 Å². The summed E-state index contributed by atoms with van der Waals surface area (Å²) >= 11 is 12.1. The van der Waals surface area contributed by atoms with Crippen molar-refractivity contribution in [3.63, 3.8) is 0 Å². The molecule has 16 heavy (non-hydrogen) atoms. The number of hydrogen-bond donors (Lipinski definition) is 1. The van der Waals surface area contributed by atoms with Crippen LogP contribution < -0.4 is 5.32 Å². The molecule has 1 atom stereocenters. The fourth-order valence-electron chi connectivity index (χ4n) is 1.82. The summed E-state index contributed by atoms with van der Waals surface area (Å²) in [5.74, 6) is 0. The average molecular weight is 260 g/mol. The molecule has 0 heterocycles. The minimum Gasteiger partial charge on any atom is -0.310 e. The van der Waals surface area contributed by atoms with Crippen LogP contribution in [0.15, 0.2) is 18.2 Å². The molecule has 0 aliphatic heterocycles. The van der Waals surface area contributed by atoms with E-state index in [9.17, 15) is 0 Å². The lowest BCUT2D eigenvalue weighted by Crippen LogP contribution is -2.32. The van der Waals surface area contributed by atoms with Gasteiger partial charge in [0.2, 0.25) is 0 Å². The van der Waals surface area contributed by atoms with Gasteiger partial charge < -0.3 is 5.32 Å². The summed E-state index contributed by atoms with van der Waals surface area (Å²) in [6.45, 7) is 9.62. The average Bonchev–Trinajstić information content (AvgIpc) is 2.13. The van der Waals surface area contributed by atoms with E-state index in [1.165, 1.54) is 0 Å². The molecule has 1 nitrogen and oxygen atoms in total. The second kappa shape index (κ2) is 5.39. The lowest BCUT2D eigenvalue weighted by atomic mass is 9.82. The van der Waals surface area contributed by atoms with Crippen molar-refractivity contribution in [2.75, 3.05) is 6.54 Å². The van der Waals surface area contributed by atoms with Gasteiger partial charge in [0.25, 0.3) is 0 Å². The Kier molecular flexibility index (Phi) is 4.66. The molecule has 0 aliphatic rings. The Labute approximate surface area is 108 Å². The molecule has 0 spiro atoms. The molecule has 1 aromatic rings. The smallest absolute Gasteiger partial charge is 0.0468 e. The minimum atomic E-state index is 0.119. The summed E-state index contributed by atoms with van der Waals surface area (Å²) in [5, 5.41) is 4.88. The predicted molar refractivity (Wildman–Crippen MR) is 72.3 cm³/mol. The van der Waals surface area contributed by atoms with E-state index in [1.807, 2.05) is 12.1 Å². The third-order valence-corrected chi connectivity index (χ3v) is 3.11. The van der Waals surface area contributed by atoms with Crippen molar-refractivity contribution < 1.29 is 0 Å². The molecule has 1 N–H and O–H groups in total. The van der Waals surface area contributed by atoms with E-state index in [1.54, 1.807) is 6.07 Å². The predicted octanol–water partition coefficient (Wildman–Crippen LogP) is 4.69. The van der Waals surface area contributed by atoms with Crippen LogP contribution in [0.4, 0.5) is 0 Å². The normalized spacial score (nSPS) is 13.9. The van der Waals surface area contributed by atoms with Gasteiger partial charge in [-0.15, -0.1) is 0 Å². The maximum absolute atomic E-state index is 6.24. The molecule has 0 fully saturated rings. The van der Waals surface area contributed by atoms with Gasteiger partial charge in [-0.1, -0.05) is 57.0 Å². The standard InChI is InChI=1S/C13H19Cl2N/c1-5-16-12(13(2,3)4)10-7-6-9(14)8-11(10)15/h6-8,12,16H,5H2,1-4H3. The third-order valence-electron chi connectivity index (χ3n) is 2.55. The van der Waals surface area contributed by atoms with Crippen molar-refractivity contribution in [3.8, 4) is 0 Å². The second-order valence-electron chi connectivity index (χ2n) is 5.02. The molecule has 1 aromatic carbocycles. The second-order valence-corrected chi connectivity index (χ2v) is 5.87. The summed E-state index contributed by atoms with van der Waals surface area (Å²) in [7, 11) is 0. The molecule has 0 saturated carbocycles. The van der Waals surface area contributed by atoms with E-state index >= 15 is 0 Å². The van der Waals surface area contributed by atoms with E-state index in [2.05, 4.69) is 33.0 Å². The molecular weight excluding hydrogens is 241 g/mol. The van der Waals surface area contributed by atoms with Crippen LogP contribution in [0.2, 0.25) is 10.0 Å². The van der Waals surface area contributed by atoms with E-state index in [4.69, 9.17) is 23.2 Å². The molecule has 0 amide bonds. The summed E-state index contributed by atoms with van der Waals surface area (Å²) in [4.78, 5) is 0. The lowest BCUT2D eigenvalue weighted by molar-refractivity contribution is 0.277. The van der Waals surface area contributed by atoms with E-state index in [-0.39, 0.29) is 11.5 Å². The Morgan fingerprint density at radius 1 is 1.25 bits per heavy atom. The highest BCUT2D eigenvalue weighted by atomic mass is 35.5. The minimum absolute atomic E-state index is 0.119. The highest BCUT2D eigenvalue weighted by molar-refractivity contribution is 6.35. The number of rotatable bonds is 3. The molecule has 0 radical (unpaired) electrons. The Balaban J connectivity index is 3.11. The van der Waals surface area contributed by atoms with Crippen LogP contribution in [0.25, 0.3) is 0 Å². The van der Waals surface area contributed by atoms with Gasteiger partial charge in [0.15, 0.2) is 0 Å². The molecule has 0 bridgehead atoms. The summed E-state index contributed by atoms with van der Waals surface area (Å²) < 4.78 is 0. The maximum atomic E-state index is 6.24. The van der Waals surface area contributed by atoms with Gasteiger partial charge in [0.1, 0.15) is 0 Å². The molecule has 1 rings (SSSR count). The molecule has 1 unspecified atom stereocenters. The zero-order valence-corrected chi connectivity index (χ0v) is 11.8. The molecule has 0 aliphatic carbocycles. The first-order chi connectivity index (χ1) is 7.36. The van der Waals surface area contributed by atoms with Gasteiger partial charge >= 0.3 is 0 Å². The van der Waals surface area contributed by atoms with Crippen LogP contribution >= 0.6 is 23.2 Å². The van der Waals surface area contributed by atoms with Crippen molar-refractivity contribution in [1.29, 1.82) is 0 Å². The molecular formula is C13H19Cl2N. The van der Waals surface area contributed by atoms with Crippen LogP contribution in [-0.4, -0.2) is 6.54 Å². The largest absolute Gasteiger partial charge is 0.310 e. The van der Waals surface area contributed by atoms with Gasteiger partial charge in [-0.05, 0) is 29.7 Å². The SMILES string of the molecule is CCNC(c1ccc(Cl)cc1Cl)C(C)(C)C. The third kappa shape index (κ3) is 3.38. The van der Waals surface area contributed by atoms with Gasteiger partial charge in [-0.2, -0.15) is 0 Å². The van der Waals surface area contributed by atoms with E-state index < -0.39 is 0 Å². The van der Waals surface area contributed by atoms with Gasteiger partial charge in [-0.3, -0.25) is 0 Å². The zero-order valence-electron chi connectivity index (χ0n) is 10.3. The first-order valence-corrected chi connectivity index (χ1v) is 6.30.